The largest absolute Gasteiger partial charge is 0.508 e. The minimum Gasteiger partial charge on any atom is -0.508 e. The fourth-order valence-corrected chi connectivity index (χ4v) is 1.86. The SMILES string of the molecule is CCCCCCCC/C=N/NC(=O)c1ccc(O)cc1. The summed E-state index contributed by atoms with van der Waals surface area (Å²) < 4.78 is 0. The van der Waals surface area contributed by atoms with Gasteiger partial charge in [-0.15, -0.1) is 0 Å². The molecular weight excluding hydrogens is 252 g/mol. The zero-order valence-electron chi connectivity index (χ0n) is 12.1. The Morgan fingerprint density at radius 2 is 1.80 bits per heavy atom. The molecule has 1 aromatic rings. The number of hydrogen-bond acceptors (Lipinski definition) is 3. The van der Waals surface area contributed by atoms with Gasteiger partial charge in [0.15, 0.2) is 0 Å². The first-order valence-electron chi connectivity index (χ1n) is 7.35. The van der Waals surface area contributed by atoms with Gasteiger partial charge >= 0.3 is 0 Å². The van der Waals surface area contributed by atoms with Gasteiger partial charge in [-0.1, -0.05) is 39.0 Å². The zero-order valence-corrected chi connectivity index (χ0v) is 12.1. The van der Waals surface area contributed by atoms with Crippen molar-refractivity contribution in [2.45, 2.75) is 51.9 Å². The van der Waals surface area contributed by atoms with E-state index in [9.17, 15) is 4.79 Å². The highest BCUT2D eigenvalue weighted by molar-refractivity contribution is 5.94. The second-order valence-corrected chi connectivity index (χ2v) is 4.86. The summed E-state index contributed by atoms with van der Waals surface area (Å²) in [5, 5.41) is 13.0. The van der Waals surface area contributed by atoms with Gasteiger partial charge in [0.2, 0.25) is 0 Å². The standard InChI is InChI=1S/C16H24N2O2/c1-2-3-4-5-6-7-8-13-17-18-16(20)14-9-11-15(19)12-10-14/h9-13,19H,2-8H2,1H3,(H,18,20)/b17-13+. The third-order valence-corrected chi connectivity index (χ3v) is 3.07. The van der Waals surface area contributed by atoms with E-state index in [2.05, 4.69) is 17.5 Å². The van der Waals surface area contributed by atoms with Crippen LogP contribution >= 0.6 is 0 Å². The zero-order chi connectivity index (χ0) is 14.6. The number of benzene rings is 1. The third kappa shape index (κ3) is 6.92. The maximum absolute atomic E-state index is 11.7. The van der Waals surface area contributed by atoms with Crippen molar-refractivity contribution in [1.82, 2.24) is 5.43 Å². The first-order valence-corrected chi connectivity index (χ1v) is 7.35. The summed E-state index contributed by atoms with van der Waals surface area (Å²) >= 11 is 0. The van der Waals surface area contributed by atoms with E-state index in [0.29, 0.717) is 5.56 Å². The van der Waals surface area contributed by atoms with Gasteiger partial charge in [-0.3, -0.25) is 4.79 Å². The molecule has 1 amide bonds. The van der Waals surface area contributed by atoms with Crippen LogP contribution in [0.15, 0.2) is 29.4 Å². The van der Waals surface area contributed by atoms with Crippen LogP contribution in [0.1, 0.15) is 62.2 Å². The number of nitrogens with one attached hydrogen (secondary N) is 1. The molecular formula is C16H24N2O2. The molecule has 0 saturated heterocycles. The van der Waals surface area contributed by atoms with Crippen LogP contribution in [0.2, 0.25) is 0 Å². The Labute approximate surface area is 120 Å². The number of rotatable bonds is 9. The minimum atomic E-state index is -0.260. The summed E-state index contributed by atoms with van der Waals surface area (Å²) in [6.45, 7) is 2.21. The Morgan fingerprint density at radius 1 is 1.15 bits per heavy atom. The van der Waals surface area contributed by atoms with E-state index in [1.807, 2.05) is 0 Å². The van der Waals surface area contributed by atoms with Crippen LogP contribution < -0.4 is 5.43 Å². The fraction of sp³-hybridized carbons (Fsp3) is 0.500. The number of nitrogens with zero attached hydrogens (tertiary/aromatic N) is 1. The molecule has 0 unspecified atom stereocenters. The van der Waals surface area contributed by atoms with E-state index in [4.69, 9.17) is 5.11 Å². The lowest BCUT2D eigenvalue weighted by molar-refractivity contribution is 0.0955. The average Bonchev–Trinajstić information content (AvgIpc) is 2.46. The quantitative estimate of drug-likeness (QED) is 0.409. The van der Waals surface area contributed by atoms with Crippen molar-refractivity contribution in [2.75, 3.05) is 0 Å². The van der Waals surface area contributed by atoms with E-state index >= 15 is 0 Å². The number of hydrazone groups is 1. The lowest BCUT2D eigenvalue weighted by atomic mass is 10.1. The number of aromatic hydroxyl groups is 1. The molecule has 0 spiro atoms. The van der Waals surface area contributed by atoms with Crippen molar-refractivity contribution in [1.29, 1.82) is 0 Å². The molecule has 0 bridgehead atoms. The van der Waals surface area contributed by atoms with Crippen LogP contribution in [0, 0.1) is 0 Å². The van der Waals surface area contributed by atoms with Crippen molar-refractivity contribution in [3.05, 3.63) is 29.8 Å². The number of hydrogen-bond donors (Lipinski definition) is 2. The molecule has 1 rings (SSSR count). The molecule has 4 nitrogen and oxygen atoms in total. The van der Waals surface area contributed by atoms with Crippen LogP contribution in [-0.4, -0.2) is 17.2 Å². The van der Waals surface area contributed by atoms with Crippen molar-refractivity contribution in [2.24, 2.45) is 5.10 Å². The summed E-state index contributed by atoms with van der Waals surface area (Å²) in [5.74, 6) is -0.114. The number of carbonyl (C=O) groups is 1. The number of phenolic OH excluding ortho intramolecular Hbond substituents is 1. The van der Waals surface area contributed by atoms with Crippen LogP contribution in [0.4, 0.5) is 0 Å². The van der Waals surface area contributed by atoms with E-state index in [0.717, 1.165) is 12.8 Å². The van der Waals surface area contributed by atoms with Crippen molar-refractivity contribution in [3.63, 3.8) is 0 Å². The molecule has 0 saturated carbocycles. The van der Waals surface area contributed by atoms with E-state index in [1.165, 1.54) is 44.2 Å². The van der Waals surface area contributed by atoms with Gasteiger partial charge in [0.05, 0.1) is 0 Å². The predicted octanol–water partition coefficient (Wildman–Crippen LogP) is 3.86. The molecule has 110 valence electrons. The number of unbranched alkanes of at least 4 members (excludes halogenated alkanes) is 6. The first-order chi connectivity index (χ1) is 9.74. The lowest BCUT2D eigenvalue weighted by Gasteiger charge is -2.00. The molecule has 0 aliphatic rings. The van der Waals surface area contributed by atoms with Crippen LogP contribution in [0.25, 0.3) is 0 Å². The van der Waals surface area contributed by atoms with Crippen LogP contribution in [0.3, 0.4) is 0 Å². The maximum Gasteiger partial charge on any atom is 0.271 e. The van der Waals surface area contributed by atoms with Gasteiger partial charge in [0.1, 0.15) is 5.75 Å². The van der Waals surface area contributed by atoms with Crippen molar-refractivity contribution < 1.29 is 9.90 Å². The summed E-state index contributed by atoms with van der Waals surface area (Å²) in [6, 6.07) is 6.09. The van der Waals surface area contributed by atoms with E-state index in [-0.39, 0.29) is 11.7 Å². The lowest BCUT2D eigenvalue weighted by Crippen LogP contribution is -2.17. The highest BCUT2D eigenvalue weighted by Gasteiger charge is 2.02. The summed E-state index contributed by atoms with van der Waals surface area (Å²) in [5.41, 5.74) is 2.96. The molecule has 1 aromatic carbocycles. The molecule has 0 aliphatic carbocycles. The van der Waals surface area contributed by atoms with Crippen LogP contribution in [-0.2, 0) is 0 Å². The Bertz CT molecular complexity index is 413. The van der Waals surface area contributed by atoms with Gasteiger partial charge < -0.3 is 5.11 Å². The molecule has 0 atom stereocenters. The fourth-order valence-electron chi connectivity index (χ4n) is 1.86. The van der Waals surface area contributed by atoms with Gasteiger partial charge in [-0.05, 0) is 37.1 Å². The van der Waals surface area contributed by atoms with Gasteiger partial charge in [0, 0.05) is 11.8 Å². The Morgan fingerprint density at radius 3 is 2.50 bits per heavy atom. The molecule has 0 aliphatic heterocycles. The molecule has 2 N–H and O–H groups in total. The first kappa shape index (κ1) is 16.2. The minimum absolute atomic E-state index is 0.146. The molecule has 0 heterocycles. The normalized spacial score (nSPS) is 10.8. The Kier molecular flexibility index (Phi) is 8.11. The van der Waals surface area contributed by atoms with Crippen molar-refractivity contribution >= 4 is 12.1 Å². The Hall–Kier alpha value is -1.84. The molecule has 20 heavy (non-hydrogen) atoms. The smallest absolute Gasteiger partial charge is 0.271 e. The molecule has 0 fully saturated rings. The topological polar surface area (TPSA) is 61.7 Å². The summed E-state index contributed by atoms with van der Waals surface area (Å²) in [4.78, 5) is 11.7. The summed E-state index contributed by atoms with van der Waals surface area (Å²) in [6.07, 6.45) is 10.1. The highest BCUT2D eigenvalue weighted by atomic mass is 16.3. The van der Waals surface area contributed by atoms with Gasteiger partial charge in [-0.2, -0.15) is 5.10 Å². The predicted molar refractivity (Wildman–Crippen MR) is 82.1 cm³/mol. The van der Waals surface area contributed by atoms with E-state index in [1.54, 1.807) is 18.3 Å². The van der Waals surface area contributed by atoms with Crippen molar-refractivity contribution in [3.8, 4) is 5.75 Å². The maximum atomic E-state index is 11.7. The molecule has 0 aromatic heterocycles. The number of carbonyl (C=O) groups excluding carboxylic acids is 1. The van der Waals surface area contributed by atoms with Gasteiger partial charge in [0.25, 0.3) is 5.91 Å². The number of phenols is 1. The molecule has 4 heteroatoms. The third-order valence-electron chi connectivity index (χ3n) is 3.07. The number of amides is 1. The van der Waals surface area contributed by atoms with Gasteiger partial charge in [-0.25, -0.2) is 5.43 Å². The monoisotopic (exact) mass is 276 g/mol. The highest BCUT2D eigenvalue weighted by Crippen LogP contribution is 2.09. The second kappa shape index (κ2) is 10.0. The Balaban J connectivity index is 2.11. The molecule has 0 radical (unpaired) electrons. The van der Waals surface area contributed by atoms with Crippen LogP contribution in [0.5, 0.6) is 5.75 Å². The average molecular weight is 276 g/mol. The summed E-state index contributed by atoms with van der Waals surface area (Å²) in [7, 11) is 0. The second-order valence-electron chi connectivity index (χ2n) is 4.86. The van der Waals surface area contributed by atoms with E-state index < -0.39 is 0 Å².